The van der Waals surface area contributed by atoms with E-state index in [9.17, 15) is 4.39 Å². The van der Waals surface area contributed by atoms with Crippen molar-refractivity contribution in [1.29, 1.82) is 0 Å². The molecule has 0 aliphatic heterocycles. The number of hydrogen-bond donors (Lipinski definition) is 1. The molecule has 0 atom stereocenters. The molecule has 2 aromatic carbocycles. The fourth-order valence-corrected chi connectivity index (χ4v) is 4.03. The summed E-state index contributed by atoms with van der Waals surface area (Å²) in [5.41, 5.74) is 5.97. The molecule has 0 aliphatic carbocycles. The van der Waals surface area contributed by atoms with Gasteiger partial charge in [-0.2, -0.15) is 0 Å². The molecule has 0 unspecified atom stereocenters. The van der Waals surface area contributed by atoms with Crippen LogP contribution >= 0.6 is 0 Å². The highest BCUT2D eigenvalue weighted by Crippen LogP contribution is 2.39. The molecule has 0 aliphatic rings. The molecular formula is C26H33FN2O. The van der Waals surface area contributed by atoms with Crippen LogP contribution in [0, 0.1) is 5.82 Å². The number of aromatic nitrogens is 2. The molecule has 0 bridgehead atoms. The van der Waals surface area contributed by atoms with Crippen LogP contribution in [0.1, 0.15) is 81.8 Å². The van der Waals surface area contributed by atoms with Gasteiger partial charge < -0.3 is 9.72 Å². The minimum Gasteiger partial charge on any atom is -0.493 e. The molecule has 3 nitrogen and oxygen atoms in total. The first-order valence-electron chi connectivity index (χ1n) is 10.9. The van der Waals surface area contributed by atoms with Gasteiger partial charge >= 0.3 is 0 Å². The van der Waals surface area contributed by atoms with Crippen molar-refractivity contribution in [3.63, 3.8) is 0 Å². The van der Waals surface area contributed by atoms with Crippen LogP contribution in [0.3, 0.4) is 0 Å². The van der Waals surface area contributed by atoms with Crippen LogP contribution < -0.4 is 4.74 Å². The van der Waals surface area contributed by atoms with Crippen LogP contribution in [-0.4, -0.2) is 16.6 Å². The van der Waals surface area contributed by atoms with Gasteiger partial charge in [0.2, 0.25) is 0 Å². The van der Waals surface area contributed by atoms with Gasteiger partial charge in [0.25, 0.3) is 0 Å². The first-order chi connectivity index (χ1) is 14.3. The number of nitrogens with zero attached hydrogens (tertiary/aromatic N) is 1. The number of rotatable bonds is 8. The van der Waals surface area contributed by atoms with Crippen LogP contribution in [0.2, 0.25) is 0 Å². The smallest absolute Gasteiger partial charge is 0.123 e. The average Bonchev–Trinajstić information content (AvgIpc) is 3.16. The van der Waals surface area contributed by atoms with Gasteiger partial charge in [-0.05, 0) is 64.8 Å². The van der Waals surface area contributed by atoms with Crippen molar-refractivity contribution in [2.24, 2.45) is 0 Å². The minimum absolute atomic E-state index is 0.239. The van der Waals surface area contributed by atoms with E-state index in [-0.39, 0.29) is 5.82 Å². The van der Waals surface area contributed by atoms with Gasteiger partial charge in [0.05, 0.1) is 18.5 Å². The molecule has 0 amide bonds. The normalized spacial score (nSPS) is 11.7. The van der Waals surface area contributed by atoms with Crippen LogP contribution in [0.25, 0.3) is 11.3 Å². The van der Waals surface area contributed by atoms with Crippen molar-refractivity contribution >= 4 is 0 Å². The van der Waals surface area contributed by atoms with Gasteiger partial charge in [-0.15, -0.1) is 0 Å². The Morgan fingerprint density at radius 3 is 2.13 bits per heavy atom. The quantitative estimate of drug-likeness (QED) is 0.428. The lowest BCUT2D eigenvalue weighted by atomic mass is 9.83. The second-order valence-corrected chi connectivity index (χ2v) is 8.79. The van der Waals surface area contributed by atoms with Gasteiger partial charge in [0.15, 0.2) is 0 Å². The Balaban J connectivity index is 1.75. The molecule has 0 saturated carbocycles. The Morgan fingerprint density at radius 2 is 1.53 bits per heavy atom. The summed E-state index contributed by atoms with van der Waals surface area (Å²) >= 11 is 0. The average molecular weight is 409 g/mol. The highest BCUT2D eigenvalue weighted by atomic mass is 19.1. The highest BCUT2D eigenvalue weighted by Gasteiger charge is 2.21. The number of halogens is 1. The third kappa shape index (κ3) is 4.92. The summed E-state index contributed by atoms with van der Waals surface area (Å²) in [5.74, 6) is 2.93. The third-order valence-electron chi connectivity index (χ3n) is 5.44. The van der Waals surface area contributed by atoms with E-state index >= 15 is 0 Å². The number of nitrogens with one attached hydrogen (secondary N) is 1. The fraction of sp³-hybridized carbons (Fsp3) is 0.423. The van der Waals surface area contributed by atoms with Crippen LogP contribution in [0.4, 0.5) is 4.39 Å². The molecule has 0 spiro atoms. The van der Waals surface area contributed by atoms with Gasteiger partial charge in [-0.1, -0.05) is 47.6 Å². The maximum Gasteiger partial charge on any atom is 0.123 e. The molecule has 0 fully saturated rings. The zero-order valence-corrected chi connectivity index (χ0v) is 18.9. The molecule has 1 N–H and O–H groups in total. The summed E-state index contributed by atoms with van der Waals surface area (Å²) in [6, 6.07) is 10.8. The number of H-pyrrole nitrogens is 1. The predicted octanol–water partition coefficient (Wildman–Crippen LogP) is 7.21. The zero-order valence-electron chi connectivity index (χ0n) is 18.9. The Morgan fingerprint density at radius 1 is 0.867 bits per heavy atom. The SMILES string of the molecule is CC(C)c1ccc(OCCc2ncc(-c3ccc(F)cc3)[nH]2)c(C(C)C)c1C(C)C. The molecule has 0 radical (unpaired) electrons. The maximum atomic E-state index is 13.1. The number of hydrogen-bond acceptors (Lipinski definition) is 2. The monoisotopic (exact) mass is 408 g/mol. The second-order valence-electron chi connectivity index (χ2n) is 8.79. The summed E-state index contributed by atoms with van der Waals surface area (Å²) in [6.07, 6.45) is 2.47. The lowest BCUT2D eigenvalue weighted by Crippen LogP contribution is -2.10. The molecule has 160 valence electrons. The van der Waals surface area contributed by atoms with Crippen molar-refractivity contribution in [3.8, 4) is 17.0 Å². The molecule has 4 heteroatoms. The van der Waals surface area contributed by atoms with E-state index in [4.69, 9.17) is 4.74 Å². The van der Waals surface area contributed by atoms with Crippen LogP contribution in [0.5, 0.6) is 5.75 Å². The summed E-state index contributed by atoms with van der Waals surface area (Å²) in [6.45, 7) is 14.0. The number of imidazole rings is 1. The van der Waals surface area contributed by atoms with E-state index in [1.54, 1.807) is 18.3 Å². The van der Waals surface area contributed by atoms with Gasteiger partial charge in [-0.3, -0.25) is 0 Å². The van der Waals surface area contributed by atoms with Gasteiger partial charge in [-0.25, -0.2) is 9.37 Å². The van der Waals surface area contributed by atoms with Crippen molar-refractivity contribution < 1.29 is 9.13 Å². The fourth-order valence-electron chi connectivity index (χ4n) is 4.03. The van der Waals surface area contributed by atoms with E-state index < -0.39 is 0 Å². The molecule has 1 heterocycles. The summed E-state index contributed by atoms with van der Waals surface area (Å²) < 4.78 is 19.4. The second kappa shape index (κ2) is 9.46. The summed E-state index contributed by atoms with van der Waals surface area (Å²) in [4.78, 5) is 7.77. The number of aromatic amines is 1. The van der Waals surface area contributed by atoms with E-state index in [2.05, 4.69) is 63.6 Å². The standard InChI is InChI=1S/C26H33FN2O/c1-16(2)21-11-12-23(26(18(5)6)25(21)17(3)4)30-14-13-24-28-15-22(29-24)19-7-9-20(27)10-8-19/h7-12,15-18H,13-14H2,1-6H3,(H,28,29). The largest absolute Gasteiger partial charge is 0.493 e. The number of benzene rings is 2. The lowest BCUT2D eigenvalue weighted by Gasteiger charge is -2.25. The molecule has 0 saturated heterocycles. The maximum absolute atomic E-state index is 13.1. The Labute approximate surface area is 179 Å². The van der Waals surface area contributed by atoms with E-state index in [1.165, 1.54) is 28.8 Å². The van der Waals surface area contributed by atoms with Crippen molar-refractivity contribution in [3.05, 3.63) is 70.9 Å². The van der Waals surface area contributed by atoms with Crippen molar-refractivity contribution in [1.82, 2.24) is 9.97 Å². The molecule has 3 rings (SSSR count). The Hall–Kier alpha value is -2.62. The minimum atomic E-state index is -0.239. The Kier molecular flexibility index (Phi) is 6.96. The summed E-state index contributed by atoms with van der Waals surface area (Å²) in [7, 11) is 0. The summed E-state index contributed by atoms with van der Waals surface area (Å²) in [5, 5.41) is 0. The van der Waals surface area contributed by atoms with E-state index in [0.717, 1.165) is 22.8 Å². The zero-order chi connectivity index (χ0) is 21.8. The first kappa shape index (κ1) is 22.1. The molecule has 1 aromatic heterocycles. The topological polar surface area (TPSA) is 37.9 Å². The molecular weight excluding hydrogens is 375 g/mol. The van der Waals surface area contributed by atoms with Crippen molar-refractivity contribution in [2.45, 2.75) is 65.7 Å². The predicted molar refractivity (Wildman–Crippen MR) is 122 cm³/mol. The van der Waals surface area contributed by atoms with Crippen LogP contribution in [-0.2, 0) is 6.42 Å². The van der Waals surface area contributed by atoms with Crippen LogP contribution in [0.15, 0.2) is 42.6 Å². The highest BCUT2D eigenvalue weighted by molar-refractivity contribution is 5.58. The number of ether oxygens (including phenoxy) is 1. The van der Waals surface area contributed by atoms with E-state index in [1.807, 2.05) is 0 Å². The Bertz CT molecular complexity index is 971. The third-order valence-corrected chi connectivity index (χ3v) is 5.44. The van der Waals surface area contributed by atoms with E-state index in [0.29, 0.717) is 30.8 Å². The molecule has 30 heavy (non-hydrogen) atoms. The van der Waals surface area contributed by atoms with Gasteiger partial charge in [0, 0.05) is 12.0 Å². The lowest BCUT2D eigenvalue weighted by molar-refractivity contribution is 0.314. The first-order valence-corrected chi connectivity index (χ1v) is 10.9. The molecule has 3 aromatic rings. The van der Waals surface area contributed by atoms with Crippen molar-refractivity contribution in [2.75, 3.05) is 6.61 Å². The van der Waals surface area contributed by atoms with Gasteiger partial charge in [0.1, 0.15) is 17.4 Å².